The summed E-state index contributed by atoms with van der Waals surface area (Å²) in [5.41, 5.74) is 2.88. The highest BCUT2D eigenvalue weighted by Gasteiger charge is 2.33. The lowest BCUT2D eigenvalue weighted by molar-refractivity contribution is -0.127. The molecular formula is C25H27N3O4S. The molecule has 0 spiro atoms. The van der Waals surface area contributed by atoms with Crippen molar-refractivity contribution in [1.29, 1.82) is 0 Å². The average molecular weight is 466 g/mol. The van der Waals surface area contributed by atoms with Gasteiger partial charge in [0.2, 0.25) is 21.5 Å². The molecule has 1 saturated heterocycles. The van der Waals surface area contributed by atoms with Gasteiger partial charge in [0.1, 0.15) is 0 Å². The Bertz CT molecular complexity index is 1360. The Labute approximate surface area is 192 Å². The zero-order chi connectivity index (χ0) is 23.0. The third kappa shape index (κ3) is 4.32. The second-order valence-electron chi connectivity index (χ2n) is 8.90. The molecule has 2 aliphatic rings. The van der Waals surface area contributed by atoms with Crippen molar-refractivity contribution in [1.82, 2.24) is 14.6 Å². The Morgan fingerprint density at radius 2 is 1.79 bits per heavy atom. The monoisotopic (exact) mass is 465 g/mol. The van der Waals surface area contributed by atoms with Crippen LogP contribution in [-0.2, 0) is 21.2 Å². The smallest absolute Gasteiger partial charge is 0.248 e. The van der Waals surface area contributed by atoms with E-state index in [0.29, 0.717) is 36.8 Å². The van der Waals surface area contributed by atoms with E-state index in [1.165, 1.54) is 27.6 Å². The molecule has 7 nitrogen and oxygen atoms in total. The molecular weight excluding hydrogens is 438 g/mol. The van der Waals surface area contributed by atoms with Crippen molar-refractivity contribution in [3.05, 3.63) is 76.1 Å². The van der Waals surface area contributed by atoms with E-state index < -0.39 is 10.0 Å². The number of aryl methyl sites for hydroxylation is 1. The fraction of sp³-hybridized carbons (Fsp3) is 0.360. The summed E-state index contributed by atoms with van der Waals surface area (Å²) < 4.78 is 27.8. The number of carbonyl (C=O) groups is 1. The molecule has 1 fully saturated rings. The Hall–Kier alpha value is -2.97. The number of carbonyl (C=O) groups excluding carboxylic acids is 1. The fourth-order valence-electron chi connectivity index (χ4n) is 4.99. The fourth-order valence-corrected chi connectivity index (χ4v) is 6.50. The van der Waals surface area contributed by atoms with Crippen LogP contribution in [0.5, 0.6) is 0 Å². The molecule has 172 valence electrons. The van der Waals surface area contributed by atoms with Crippen LogP contribution in [0.2, 0.25) is 0 Å². The highest BCUT2D eigenvalue weighted by atomic mass is 32.2. The number of aromatic amines is 1. The van der Waals surface area contributed by atoms with Crippen LogP contribution in [0.3, 0.4) is 0 Å². The molecule has 2 heterocycles. The van der Waals surface area contributed by atoms with E-state index in [0.717, 1.165) is 19.3 Å². The lowest BCUT2D eigenvalue weighted by Crippen LogP contribution is -2.44. The molecule has 3 aromatic rings. The van der Waals surface area contributed by atoms with Crippen molar-refractivity contribution in [3.8, 4) is 0 Å². The van der Waals surface area contributed by atoms with Crippen molar-refractivity contribution in [2.75, 3.05) is 13.1 Å². The number of piperidine rings is 1. The van der Waals surface area contributed by atoms with Crippen LogP contribution in [0, 0.1) is 5.92 Å². The van der Waals surface area contributed by atoms with Gasteiger partial charge in [0.25, 0.3) is 0 Å². The zero-order valence-corrected chi connectivity index (χ0v) is 19.1. The van der Waals surface area contributed by atoms with Crippen LogP contribution in [0.4, 0.5) is 0 Å². The summed E-state index contributed by atoms with van der Waals surface area (Å²) in [6.07, 6.45) is 4.03. The van der Waals surface area contributed by atoms with Crippen molar-refractivity contribution in [2.45, 2.75) is 43.0 Å². The molecule has 8 heteroatoms. The van der Waals surface area contributed by atoms with Gasteiger partial charge in [0, 0.05) is 30.6 Å². The quantitative estimate of drug-likeness (QED) is 0.618. The predicted octanol–water partition coefficient (Wildman–Crippen LogP) is 3.12. The third-order valence-electron chi connectivity index (χ3n) is 6.84. The lowest BCUT2D eigenvalue weighted by atomic mass is 9.87. The van der Waals surface area contributed by atoms with E-state index in [4.69, 9.17) is 0 Å². The first-order valence-corrected chi connectivity index (χ1v) is 12.9. The van der Waals surface area contributed by atoms with Crippen LogP contribution in [0.25, 0.3) is 10.9 Å². The van der Waals surface area contributed by atoms with Crippen LogP contribution >= 0.6 is 0 Å². The van der Waals surface area contributed by atoms with E-state index in [1.54, 1.807) is 18.2 Å². The van der Waals surface area contributed by atoms with Crippen molar-refractivity contribution >= 4 is 26.8 Å². The van der Waals surface area contributed by atoms with Gasteiger partial charge in [-0.2, -0.15) is 4.31 Å². The Morgan fingerprint density at radius 1 is 1.00 bits per heavy atom. The van der Waals surface area contributed by atoms with Gasteiger partial charge in [-0.05, 0) is 72.9 Å². The van der Waals surface area contributed by atoms with Crippen LogP contribution in [0.1, 0.15) is 42.9 Å². The molecule has 33 heavy (non-hydrogen) atoms. The molecule has 1 aliphatic carbocycles. The summed E-state index contributed by atoms with van der Waals surface area (Å²) in [6, 6.07) is 16.0. The first-order chi connectivity index (χ1) is 15.9. The van der Waals surface area contributed by atoms with Gasteiger partial charge in [0.05, 0.1) is 10.9 Å². The number of pyridine rings is 1. The van der Waals surface area contributed by atoms with E-state index in [-0.39, 0.29) is 28.3 Å². The lowest BCUT2D eigenvalue weighted by Gasteiger charge is -2.32. The maximum absolute atomic E-state index is 13.2. The topological polar surface area (TPSA) is 99.3 Å². The number of nitrogens with one attached hydrogen (secondary N) is 2. The first kappa shape index (κ1) is 21.9. The summed E-state index contributed by atoms with van der Waals surface area (Å²) in [6.45, 7) is 0.622. The molecule has 0 radical (unpaired) electrons. The molecule has 2 N–H and O–H groups in total. The number of rotatable bonds is 4. The standard InChI is InChI=1S/C25H27N3O4S/c29-24-11-8-19-16-20(9-10-22(19)26-24)33(31,32)28-14-12-18(13-15-28)25(30)27-23-7-3-5-17-4-1-2-6-21(17)23/h1-2,4,6,8-11,16,18,23H,3,5,7,12-15H2,(H,26,29)(H,27,30). The number of hydrogen-bond acceptors (Lipinski definition) is 4. The predicted molar refractivity (Wildman–Crippen MR) is 126 cm³/mol. The molecule has 1 unspecified atom stereocenters. The van der Waals surface area contributed by atoms with Crippen LogP contribution in [0.15, 0.2) is 64.3 Å². The summed E-state index contributed by atoms with van der Waals surface area (Å²) in [5, 5.41) is 3.88. The highest BCUT2D eigenvalue weighted by molar-refractivity contribution is 7.89. The maximum atomic E-state index is 13.2. The minimum absolute atomic E-state index is 0.0170. The minimum Gasteiger partial charge on any atom is -0.349 e. The largest absolute Gasteiger partial charge is 0.349 e. The molecule has 2 aromatic carbocycles. The Balaban J connectivity index is 1.25. The highest BCUT2D eigenvalue weighted by Crippen LogP contribution is 2.31. The van der Waals surface area contributed by atoms with E-state index in [9.17, 15) is 18.0 Å². The number of nitrogens with zero attached hydrogens (tertiary/aromatic N) is 1. The van der Waals surface area contributed by atoms with Crippen molar-refractivity contribution < 1.29 is 13.2 Å². The Kier molecular flexibility index (Phi) is 5.80. The average Bonchev–Trinajstić information content (AvgIpc) is 2.84. The van der Waals surface area contributed by atoms with Crippen molar-refractivity contribution in [2.24, 2.45) is 5.92 Å². The summed E-state index contributed by atoms with van der Waals surface area (Å²) >= 11 is 0. The minimum atomic E-state index is -3.67. The van der Waals surface area contributed by atoms with E-state index >= 15 is 0 Å². The summed E-state index contributed by atoms with van der Waals surface area (Å²) in [5.74, 6) is -0.171. The number of benzene rings is 2. The van der Waals surface area contributed by atoms with Gasteiger partial charge in [-0.1, -0.05) is 24.3 Å². The first-order valence-electron chi connectivity index (χ1n) is 11.4. The number of H-pyrrole nitrogens is 1. The summed E-state index contributed by atoms with van der Waals surface area (Å²) in [7, 11) is -3.67. The molecule has 0 saturated carbocycles. The number of amides is 1. The molecule has 0 bridgehead atoms. The molecule has 1 atom stereocenters. The van der Waals surface area contributed by atoms with Gasteiger partial charge in [-0.15, -0.1) is 0 Å². The van der Waals surface area contributed by atoms with Gasteiger partial charge >= 0.3 is 0 Å². The zero-order valence-electron chi connectivity index (χ0n) is 18.3. The Morgan fingerprint density at radius 3 is 2.61 bits per heavy atom. The van der Waals surface area contributed by atoms with Gasteiger partial charge in [-0.25, -0.2) is 8.42 Å². The number of sulfonamides is 1. The normalized spacial score (nSPS) is 19.8. The van der Waals surface area contributed by atoms with Gasteiger partial charge in [-0.3, -0.25) is 9.59 Å². The van der Waals surface area contributed by atoms with Gasteiger partial charge in [0.15, 0.2) is 0 Å². The second-order valence-corrected chi connectivity index (χ2v) is 10.8. The number of hydrogen-bond donors (Lipinski definition) is 2. The summed E-state index contributed by atoms with van der Waals surface area (Å²) in [4.78, 5) is 27.3. The number of aromatic nitrogens is 1. The van der Waals surface area contributed by atoms with Crippen LogP contribution < -0.4 is 10.9 Å². The SMILES string of the molecule is O=C(NC1CCCc2ccccc21)C1CCN(S(=O)(=O)c2ccc3[nH]c(=O)ccc3c2)CC1. The van der Waals surface area contributed by atoms with Crippen molar-refractivity contribution in [3.63, 3.8) is 0 Å². The number of fused-ring (bicyclic) bond motifs is 2. The van der Waals surface area contributed by atoms with E-state index in [2.05, 4.69) is 22.4 Å². The third-order valence-corrected chi connectivity index (χ3v) is 8.74. The van der Waals surface area contributed by atoms with Crippen LogP contribution in [-0.4, -0.2) is 36.7 Å². The molecule has 5 rings (SSSR count). The van der Waals surface area contributed by atoms with E-state index in [1.807, 2.05) is 12.1 Å². The maximum Gasteiger partial charge on any atom is 0.248 e. The van der Waals surface area contributed by atoms with Gasteiger partial charge < -0.3 is 10.3 Å². The molecule has 1 aromatic heterocycles. The molecule has 1 aliphatic heterocycles. The second kappa shape index (κ2) is 8.76. The molecule has 1 amide bonds.